The van der Waals surface area contributed by atoms with Crippen LogP contribution in [0.1, 0.15) is 99.9 Å². The van der Waals surface area contributed by atoms with Crippen molar-refractivity contribution in [1.29, 1.82) is 0 Å². The molecule has 3 fully saturated rings. The molecular weight excluding hydrogens is 572 g/mol. The average Bonchev–Trinajstić information content (AvgIpc) is 3.31. The largest absolute Gasteiger partial charge is 0.410 e. The third kappa shape index (κ3) is 5.12. The molecule has 1 spiro atoms. The molecule has 3 aliphatic carbocycles. The fourth-order valence-electron chi connectivity index (χ4n) is 7.97. The van der Waals surface area contributed by atoms with Gasteiger partial charge in [0.25, 0.3) is 0 Å². The summed E-state index contributed by atoms with van der Waals surface area (Å²) in [4.78, 5) is 29.1. The Morgan fingerprint density at radius 1 is 1.00 bits per heavy atom. The highest BCUT2D eigenvalue weighted by Crippen LogP contribution is 2.65. The SMILES string of the molecule is COC(C)(C)O[C@H]1CCC(=O)[C@H]2[C@@H]3O[C@H](c4ccccc4)O[C@]34C[C@H](O[Si](C)(C)C(C)(C)C)C(C)=C(CC(=O)[C@]12C)C4(C)C. The highest BCUT2D eigenvalue weighted by Gasteiger charge is 2.72. The van der Waals surface area contributed by atoms with Crippen molar-refractivity contribution in [1.82, 2.24) is 0 Å². The minimum absolute atomic E-state index is 0.00298. The van der Waals surface area contributed by atoms with Crippen LogP contribution in [0.25, 0.3) is 0 Å². The quantitative estimate of drug-likeness (QED) is 0.182. The van der Waals surface area contributed by atoms with Crippen molar-refractivity contribution in [3.63, 3.8) is 0 Å². The van der Waals surface area contributed by atoms with Crippen molar-refractivity contribution in [3.05, 3.63) is 47.0 Å². The van der Waals surface area contributed by atoms with Gasteiger partial charge in [0, 0.05) is 37.4 Å². The maximum atomic E-state index is 14.8. The molecule has 0 radical (unpaired) electrons. The second-order valence-corrected chi connectivity index (χ2v) is 21.0. The minimum Gasteiger partial charge on any atom is -0.410 e. The molecule has 0 aromatic heterocycles. The molecule has 0 amide bonds. The Labute approximate surface area is 265 Å². The number of hydrogen-bond donors (Lipinski definition) is 0. The summed E-state index contributed by atoms with van der Waals surface area (Å²) in [5, 5.41) is -0.00388. The zero-order valence-corrected chi connectivity index (χ0v) is 30.0. The molecule has 1 aliphatic heterocycles. The first kappa shape index (κ1) is 33.7. The van der Waals surface area contributed by atoms with Gasteiger partial charge in [-0.15, -0.1) is 0 Å². The summed E-state index contributed by atoms with van der Waals surface area (Å²) in [6, 6.07) is 9.92. The maximum Gasteiger partial charge on any atom is 0.192 e. The van der Waals surface area contributed by atoms with Crippen LogP contribution in [0.3, 0.4) is 0 Å². The maximum absolute atomic E-state index is 14.8. The van der Waals surface area contributed by atoms with Crippen molar-refractivity contribution < 1.29 is 33.0 Å². The number of ketones is 2. The normalized spacial score (nSPS) is 36.0. The number of carbonyl (C=O) groups excluding carboxylic acids is 2. The van der Waals surface area contributed by atoms with E-state index in [2.05, 4.69) is 54.6 Å². The lowest BCUT2D eigenvalue weighted by Gasteiger charge is -2.59. The number of hydrogen-bond acceptors (Lipinski definition) is 7. The summed E-state index contributed by atoms with van der Waals surface area (Å²) in [7, 11) is -0.622. The van der Waals surface area contributed by atoms with Gasteiger partial charge in [0.05, 0.1) is 23.5 Å². The molecule has 1 heterocycles. The molecule has 4 aliphatic rings. The lowest BCUT2D eigenvalue weighted by molar-refractivity contribution is -0.258. The number of Topliss-reactive ketones (excluding diaryl/α,β-unsaturated/α-hetero) is 2. The Bertz CT molecular complexity index is 1330. The molecule has 7 atom stereocenters. The van der Waals surface area contributed by atoms with Crippen LogP contribution in [-0.4, -0.2) is 56.7 Å². The Morgan fingerprint density at radius 3 is 2.23 bits per heavy atom. The summed E-state index contributed by atoms with van der Waals surface area (Å²) in [6.07, 6.45) is -0.648. The topological polar surface area (TPSA) is 80.3 Å². The van der Waals surface area contributed by atoms with Gasteiger partial charge < -0.3 is 23.4 Å². The fourth-order valence-corrected chi connectivity index (χ4v) is 9.30. The molecule has 0 N–H and O–H groups in total. The second kappa shape index (κ2) is 10.9. The Morgan fingerprint density at radius 2 is 1.64 bits per heavy atom. The van der Waals surface area contributed by atoms with Gasteiger partial charge in [-0.3, -0.25) is 9.59 Å². The summed E-state index contributed by atoms with van der Waals surface area (Å²) >= 11 is 0. The van der Waals surface area contributed by atoms with Crippen molar-refractivity contribution in [2.24, 2.45) is 16.7 Å². The van der Waals surface area contributed by atoms with Crippen molar-refractivity contribution in [3.8, 4) is 0 Å². The van der Waals surface area contributed by atoms with Gasteiger partial charge in [-0.1, -0.05) is 70.5 Å². The van der Waals surface area contributed by atoms with Crippen LogP contribution in [0.5, 0.6) is 0 Å². The van der Waals surface area contributed by atoms with Crippen LogP contribution >= 0.6 is 0 Å². The van der Waals surface area contributed by atoms with E-state index in [0.717, 1.165) is 16.7 Å². The highest BCUT2D eigenvalue weighted by atomic mass is 28.4. The Balaban J connectivity index is 1.74. The molecule has 1 aromatic rings. The van der Waals surface area contributed by atoms with Gasteiger partial charge in [0.1, 0.15) is 23.3 Å². The summed E-state index contributed by atoms with van der Waals surface area (Å²) < 4.78 is 33.6. The first-order chi connectivity index (χ1) is 20.2. The fraction of sp³-hybridized carbons (Fsp3) is 0.722. The summed E-state index contributed by atoms with van der Waals surface area (Å²) in [5.41, 5.74) is 0.367. The second-order valence-electron chi connectivity index (χ2n) is 16.2. The predicted molar refractivity (Wildman–Crippen MR) is 172 cm³/mol. The van der Waals surface area contributed by atoms with Crippen LogP contribution < -0.4 is 0 Å². The van der Waals surface area contributed by atoms with E-state index < -0.39 is 55.0 Å². The van der Waals surface area contributed by atoms with Gasteiger partial charge >= 0.3 is 0 Å². The molecular formula is C36H54O7Si. The number of carbonyl (C=O) groups is 2. The smallest absolute Gasteiger partial charge is 0.192 e. The lowest BCUT2D eigenvalue weighted by Crippen LogP contribution is -2.69. The molecule has 7 nitrogen and oxygen atoms in total. The highest BCUT2D eigenvalue weighted by molar-refractivity contribution is 6.74. The van der Waals surface area contributed by atoms with E-state index in [4.69, 9.17) is 23.4 Å². The number of methoxy groups -OCH3 is 1. The van der Waals surface area contributed by atoms with Crippen LogP contribution in [0.2, 0.25) is 18.1 Å². The van der Waals surface area contributed by atoms with Crippen LogP contribution in [-0.2, 0) is 33.0 Å². The number of fused-ring (bicyclic) bond motifs is 3. The van der Waals surface area contributed by atoms with Crippen LogP contribution in [0, 0.1) is 16.7 Å². The minimum atomic E-state index is -2.22. The Hall–Kier alpha value is -1.68. The van der Waals surface area contributed by atoms with E-state index in [9.17, 15) is 9.59 Å². The molecule has 244 valence electrons. The third-order valence-corrected chi connectivity index (χ3v) is 16.6. The summed E-state index contributed by atoms with van der Waals surface area (Å²) in [5.74, 6) is -1.64. The van der Waals surface area contributed by atoms with E-state index in [1.165, 1.54) is 0 Å². The van der Waals surface area contributed by atoms with E-state index in [1.54, 1.807) is 7.11 Å². The molecule has 2 saturated carbocycles. The molecule has 1 aromatic carbocycles. The molecule has 44 heavy (non-hydrogen) atoms. The van der Waals surface area contributed by atoms with Crippen molar-refractivity contribution >= 4 is 19.9 Å². The summed E-state index contributed by atoms with van der Waals surface area (Å²) in [6.45, 7) is 23.4. The lowest BCUT2D eigenvalue weighted by atomic mass is 9.49. The van der Waals surface area contributed by atoms with Gasteiger partial charge in [0.2, 0.25) is 0 Å². The third-order valence-electron chi connectivity index (χ3n) is 12.1. The van der Waals surface area contributed by atoms with Crippen molar-refractivity contribution in [2.75, 3.05) is 7.11 Å². The number of ether oxygens (including phenoxy) is 4. The van der Waals surface area contributed by atoms with Gasteiger partial charge in [-0.2, -0.15) is 0 Å². The van der Waals surface area contributed by atoms with Gasteiger partial charge in [-0.05, 0) is 57.8 Å². The number of benzene rings is 1. The zero-order chi connectivity index (χ0) is 32.7. The monoisotopic (exact) mass is 626 g/mol. The first-order valence-electron chi connectivity index (χ1n) is 16.3. The molecule has 2 bridgehead atoms. The average molecular weight is 627 g/mol. The Kier molecular flexibility index (Phi) is 8.38. The molecule has 0 unspecified atom stereocenters. The van der Waals surface area contributed by atoms with Crippen molar-refractivity contribution in [2.45, 2.75) is 142 Å². The van der Waals surface area contributed by atoms with Gasteiger partial charge in [-0.25, -0.2) is 0 Å². The van der Waals surface area contributed by atoms with Gasteiger partial charge in [0.15, 0.2) is 20.4 Å². The van der Waals surface area contributed by atoms with E-state index >= 15 is 0 Å². The first-order valence-corrected chi connectivity index (χ1v) is 19.2. The van der Waals surface area contributed by atoms with E-state index in [-0.39, 0.29) is 29.1 Å². The van der Waals surface area contributed by atoms with E-state index in [0.29, 0.717) is 19.3 Å². The zero-order valence-electron chi connectivity index (χ0n) is 29.0. The van der Waals surface area contributed by atoms with E-state index in [1.807, 2.05) is 51.1 Å². The molecule has 1 saturated heterocycles. The van der Waals surface area contributed by atoms with Crippen LogP contribution in [0.15, 0.2) is 41.5 Å². The molecule has 5 rings (SSSR count). The number of rotatable bonds is 6. The standard InChI is InChI=1S/C36H54O7Si/c1-22-24-20-27(38)35(9)28(41-34(7,8)39-10)19-18-25(37)29(35)30-36(33(24,5)6,21-26(22)43-44(11,12)32(2,3)4)42-31(40-30)23-16-14-13-15-17-23/h13-17,26,28-31H,18-21H2,1-12H3/t26-,28-,29-,30-,31-,35+,36+/m0/s1. The molecule has 8 heteroatoms. The van der Waals surface area contributed by atoms with Crippen LogP contribution in [0.4, 0.5) is 0 Å². The predicted octanol–water partition coefficient (Wildman–Crippen LogP) is 7.70.